The van der Waals surface area contributed by atoms with Gasteiger partial charge in [0, 0.05) is 0 Å². The van der Waals surface area contributed by atoms with E-state index in [4.69, 9.17) is 15.3 Å². The minimum absolute atomic E-state index is 1.22. The highest BCUT2D eigenvalue weighted by Gasteiger charge is 2.52. The van der Waals surface area contributed by atoms with E-state index in [-0.39, 0.29) is 0 Å². The first-order valence-corrected chi connectivity index (χ1v) is 4.21. The monoisotopic (exact) mass is 250 g/mol. The summed E-state index contributed by atoms with van der Waals surface area (Å²) < 4.78 is 3.77. The first-order valence-electron chi connectivity index (χ1n) is 4.21. The molecule has 0 aliphatic rings. The van der Waals surface area contributed by atoms with E-state index in [1.807, 2.05) is 0 Å². The maximum atomic E-state index is 11.2. The van der Waals surface area contributed by atoms with Gasteiger partial charge in [-0.1, -0.05) is 0 Å². The Bertz CT molecular complexity index is 329. The summed E-state index contributed by atoms with van der Waals surface area (Å²) in [5.74, 6) is -6.82. The van der Waals surface area contributed by atoms with Crippen molar-refractivity contribution >= 4 is 23.5 Å². The second kappa shape index (κ2) is 6.15. The SMILES string of the molecule is O=C(CO)OC(=O)C(O)(C(=O)CO)C(=O)CO. The van der Waals surface area contributed by atoms with Crippen molar-refractivity contribution in [2.45, 2.75) is 5.60 Å². The fourth-order valence-electron chi connectivity index (χ4n) is 0.822. The molecule has 0 atom stereocenters. The molecule has 0 heterocycles. The van der Waals surface area contributed by atoms with Crippen LogP contribution in [0.5, 0.6) is 0 Å². The van der Waals surface area contributed by atoms with Crippen LogP contribution in [0.3, 0.4) is 0 Å². The van der Waals surface area contributed by atoms with Crippen LogP contribution in [0.15, 0.2) is 0 Å². The van der Waals surface area contributed by atoms with E-state index in [0.29, 0.717) is 0 Å². The van der Waals surface area contributed by atoms with Crippen molar-refractivity contribution < 1.29 is 44.3 Å². The van der Waals surface area contributed by atoms with Crippen LogP contribution in [0.25, 0.3) is 0 Å². The molecular weight excluding hydrogens is 240 g/mol. The van der Waals surface area contributed by atoms with Gasteiger partial charge in [0.2, 0.25) is 11.6 Å². The molecule has 0 aliphatic heterocycles. The summed E-state index contributed by atoms with van der Waals surface area (Å²) in [4.78, 5) is 43.8. The molecule has 0 spiro atoms. The first-order chi connectivity index (χ1) is 7.84. The van der Waals surface area contributed by atoms with Crippen molar-refractivity contribution in [1.82, 2.24) is 0 Å². The average Bonchev–Trinajstić information content (AvgIpc) is 2.34. The Labute approximate surface area is 94.2 Å². The van der Waals surface area contributed by atoms with Crippen LogP contribution < -0.4 is 0 Å². The van der Waals surface area contributed by atoms with Crippen LogP contribution in [0.1, 0.15) is 0 Å². The number of ketones is 2. The van der Waals surface area contributed by atoms with Gasteiger partial charge in [-0.2, -0.15) is 0 Å². The number of hydrogen-bond donors (Lipinski definition) is 4. The van der Waals surface area contributed by atoms with Gasteiger partial charge in [0.05, 0.1) is 0 Å². The van der Waals surface area contributed by atoms with E-state index in [0.717, 1.165) is 0 Å². The van der Waals surface area contributed by atoms with Gasteiger partial charge in [-0.3, -0.25) is 9.59 Å². The van der Waals surface area contributed by atoms with Crippen molar-refractivity contribution in [3.8, 4) is 0 Å². The van der Waals surface area contributed by atoms with Crippen LogP contribution in [0, 0.1) is 0 Å². The van der Waals surface area contributed by atoms with Crippen LogP contribution in [0.4, 0.5) is 0 Å². The number of rotatable bonds is 6. The fourth-order valence-corrected chi connectivity index (χ4v) is 0.822. The van der Waals surface area contributed by atoms with Crippen LogP contribution in [-0.4, -0.2) is 69.4 Å². The average molecular weight is 250 g/mol. The van der Waals surface area contributed by atoms with Crippen molar-refractivity contribution in [2.75, 3.05) is 19.8 Å². The molecule has 0 unspecified atom stereocenters. The van der Waals surface area contributed by atoms with Gasteiger partial charge in [-0.15, -0.1) is 0 Å². The zero-order chi connectivity index (χ0) is 13.6. The van der Waals surface area contributed by atoms with E-state index in [1.54, 1.807) is 0 Å². The number of ether oxygens (including phenoxy) is 1. The van der Waals surface area contributed by atoms with Gasteiger partial charge in [-0.25, -0.2) is 9.59 Å². The fraction of sp³-hybridized carbons (Fsp3) is 0.500. The molecule has 0 rings (SSSR count). The highest BCUT2D eigenvalue weighted by atomic mass is 16.6. The summed E-state index contributed by atoms with van der Waals surface area (Å²) in [5, 5.41) is 34.6. The van der Waals surface area contributed by atoms with Gasteiger partial charge in [0.15, 0.2) is 0 Å². The van der Waals surface area contributed by atoms with Gasteiger partial charge >= 0.3 is 11.9 Å². The molecule has 0 saturated heterocycles. The Kier molecular flexibility index (Phi) is 5.55. The second-order valence-corrected chi connectivity index (χ2v) is 2.79. The van der Waals surface area contributed by atoms with Crippen LogP contribution in [0.2, 0.25) is 0 Å². The van der Waals surface area contributed by atoms with Gasteiger partial charge in [-0.05, 0) is 0 Å². The summed E-state index contributed by atoms with van der Waals surface area (Å²) in [6.45, 7) is -3.99. The highest BCUT2D eigenvalue weighted by Crippen LogP contribution is 2.11. The lowest BCUT2D eigenvalue weighted by atomic mass is 9.94. The number of esters is 2. The Hall–Kier alpha value is -1.68. The molecule has 9 heteroatoms. The van der Waals surface area contributed by atoms with Crippen LogP contribution >= 0.6 is 0 Å². The summed E-state index contributed by atoms with van der Waals surface area (Å²) in [5.41, 5.74) is -3.46. The molecule has 0 aromatic carbocycles. The minimum atomic E-state index is -3.46. The molecule has 17 heavy (non-hydrogen) atoms. The second-order valence-electron chi connectivity index (χ2n) is 2.79. The number of Topliss-reactive ketones (excluding diaryl/α,β-unsaturated/α-hetero) is 2. The van der Waals surface area contributed by atoms with E-state index in [2.05, 4.69) is 4.74 Å². The lowest BCUT2D eigenvalue weighted by molar-refractivity contribution is -0.181. The van der Waals surface area contributed by atoms with Crippen molar-refractivity contribution in [1.29, 1.82) is 0 Å². The minimum Gasteiger partial charge on any atom is -0.389 e. The molecule has 0 radical (unpaired) electrons. The standard InChI is InChI=1S/C8H10O9/c9-1-4(12)8(16,5(13)2-10)7(15)17-6(14)3-11/h9-11,16H,1-3H2. The normalized spacial score (nSPS) is 10.8. The molecule has 0 aliphatic carbocycles. The molecule has 96 valence electrons. The van der Waals surface area contributed by atoms with E-state index in [9.17, 15) is 24.3 Å². The Morgan fingerprint density at radius 3 is 1.59 bits per heavy atom. The first kappa shape index (κ1) is 15.3. The zero-order valence-corrected chi connectivity index (χ0v) is 8.45. The molecule has 9 nitrogen and oxygen atoms in total. The number of hydrogen-bond acceptors (Lipinski definition) is 9. The number of carbonyl (C=O) groups excluding carboxylic acids is 4. The van der Waals surface area contributed by atoms with Crippen molar-refractivity contribution in [2.24, 2.45) is 0 Å². The lowest BCUT2D eigenvalue weighted by Gasteiger charge is -2.20. The zero-order valence-electron chi connectivity index (χ0n) is 8.45. The number of aliphatic hydroxyl groups excluding tert-OH is 3. The Morgan fingerprint density at radius 1 is 0.882 bits per heavy atom. The summed E-state index contributed by atoms with van der Waals surface area (Å²) in [6.07, 6.45) is 0. The van der Waals surface area contributed by atoms with E-state index >= 15 is 0 Å². The van der Waals surface area contributed by atoms with Gasteiger partial charge in [0.25, 0.3) is 5.60 Å². The molecule has 0 fully saturated rings. The smallest absolute Gasteiger partial charge is 0.361 e. The molecule has 0 bridgehead atoms. The lowest BCUT2D eigenvalue weighted by Crippen LogP contribution is -2.57. The van der Waals surface area contributed by atoms with E-state index in [1.165, 1.54) is 0 Å². The Morgan fingerprint density at radius 2 is 1.29 bits per heavy atom. The third-order valence-corrected chi connectivity index (χ3v) is 1.73. The molecule has 4 N–H and O–H groups in total. The van der Waals surface area contributed by atoms with Crippen molar-refractivity contribution in [3.63, 3.8) is 0 Å². The third-order valence-electron chi connectivity index (χ3n) is 1.73. The molecular formula is C8H10O9. The number of carbonyl (C=O) groups is 4. The Balaban J connectivity index is 5.19. The van der Waals surface area contributed by atoms with Gasteiger partial charge in [0.1, 0.15) is 19.8 Å². The molecule has 0 saturated carbocycles. The van der Waals surface area contributed by atoms with Crippen LogP contribution in [-0.2, 0) is 23.9 Å². The highest BCUT2D eigenvalue weighted by molar-refractivity contribution is 6.27. The summed E-state index contributed by atoms with van der Waals surface area (Å²) in [6, 6.07) is 0. The topological polar surface area (TPSA) is 158 Å². The summed E-state index contributed by atoms with van der Waals surface area (Å²) in [7, 11) is 0. The summed E-state index contributed by atoms with van der Waals surface area (Å²) >= 11 is 0. The largest absolute Gasteiger partial charge is 0.389 e. The maximum absolute atomic E-state index is 11.2. The molecule has 0 aromatic heterocycles. The quantitative estimate of drug-likeness (QED) is 0.271. The third kappa shape index (κ3) is 3.14. The predicted molar refractivity (Wildman–Crippen MR) is 47.3 cm³/mol. The van der Waals surface area contributed by atoms with E-state index < -0.39 is 48.9 Å². The molecule has 0 amide bonds. The molecule has 0 aromatic rings. The number of aliphatic hydroxyl groups is 4. The van der Waals surface area contributed by atoms with Crippen molar-refractivity contribution in [3.05, 3.63) is 0 Å². The predicted octanol–water partition coefficient (Wildman–Crippen LogP) is -4.10. The maximum Gasteiger partial charge on any atom is 0.361 e. The van der Waals surface area contributed by atoms with Gasteiger partial charge < -0.3 is 25.2 Å².